The van der Waals surface area contributed by atoms with Gasteiger partial charge in [0.1, 0.15) is 17.6 Å². The lowest BCUT2D eigenvalue weighted by Gasteiger charge is -2.29. The van der Waals surface area contributed by atoms with Gasteiger partial charge in [-0.1, -0.05) is 43.1 Å². The second kappa shape index (κ2) is 11.6. The molecule has 162 valence electrons. The SMILES string of the molecule is CCCCNC(=O)[C@@H](C)N(Cc1ccccc1F)C(=O)COc1ccc(Cl)c(C)c1. The van der Waals surface area contributed by atoms with E-state index in [0.29, 0.717) is 22.9 Å². The van der Waals surface area contributed by atoms with Gasteiger partial charge in [-0.05, 0) is 50.1 Å². The highest BCUT2D eigenvalue weighted by Crippen LogP contribution is 2.21. The van der Waals surface area contributed by atoms with E-state index in [2.05, 4.69) is 5.32 Å². The fourth-order valence-corrected chi connectivity index (χ4v) is 2.98. The molecule has 0 aliphatic carbocycles. The summed E-state index contributed by atoms with van der Waals surface area (Å²) in [6.45, 7) is 5.72. The number of benzene rings is 2. The Morgan fingerprint density at radius 2 is 1.97 bits per heavy atom. The third kappa shape index (κ3) is 6.73. The van der Waals surface area contributed by atoms with Crippen molar-refractivity contribution in [2.24, 2.45) is 0 Å². The summed E-state index contributed by atoms with van der Waals surface area (Å²) in [6.07, 6.45) is 1.79. The molecule has 0 saturated carbocycles. The number of carbonyl (C=O) groups is 2. The summed E-state index contributed by atoms with van der Waals surface area (Å²) in [5, 5.41) is 3.43. The van der Waals surface area contributed by atoms with Crippen LogP contribution in [0.4, 0.5) is 4.39 Å². The molecule has 0 heterocycles. The highest BCUT2D eigenvalue weighted by atomic mass is 35.5. The smallest absolute Gasteiger partial charge is 0.261 e. The van der Waals surface area contributed by atoms with Gasteiger partial charge in [0, 0.05) is 23.7 Å². The van der Waals surface area contributed by atoms with Crippen LogP contribution < -0.4 is 10.1 Å². The lowest BCUT2D eigenvalue weighted by atomic mass is 10.1. The number of nitrogens with zero attached hydrogens (tertiary/aromatic N) is 1. The predicted octanol–water partition coefficient (Wildman–Crippen LogP) is 4.50. The minimum absolute atomic E-state index is 0.0309. The van der Waals surface area contributed by atoms with Crippen LogP contribution in [-0.4, -0.2) is 35.9 Å². The Hall–Kier alpha value is -2.60. The average Bonchev–Trinajstić information content (AvgIpc) is 2.73. The molecule has 0 fully saturated rings. The van der Waals surface area contributed by atoms with Crippen LogP contribution >= 0.6 is 11.6 Å². The third-order valence-corrected chi connectivity index (χ3v) is 5.21. The minimum atomic E-state index is -0.774. The standard InChI is InChI=1S/C23H28ClFN2O3/c1-4-5-12-26-23(29)17(3)27(14-18-8-6-7-9-21(18)25)22(28)15-30-19-10-11-20(24)16(2)13-19/h6-11,13,17H,4-5,12,14-15H2,1-3H3,(H,26,29)/t17-/m1/s1. The van der Waals surface area contributed by atoms with Crippen molar-refractivity contribution in [1.82, 2.24) is 10.2 Å². The van der Waals surface area contributed by atoms with Crippen molar-refractivity contribution >= 4 is 23.4 Å². The fourth-order valence-electron chi connectivity index (χ4n) is 2.86. The monoisotopic (exact) mass is 434 g/mol. The van der Waals surface area contributed by atoms with Crippen molar-refractivity contribution in [2.45, 2.75) is 46.2 Å². The zero-order valence-electron chi connectivity index (χ0n) is 17.6. The molecule has 2 aromatic carbocycles. The molecule has 0 radical (unpaired) electrons. The topological polar surface area (TPSA) is 58.6 Å². The van der Waals surface area contributed by atoms with Crippen LogP contribution in [0.25, 0.3) is 0 Å². The highest BCUT2D eigenvalue weighted by Gasteiger charge is 2.27. The first-order valence-corrected chi connectivity index (χ1v) is 10.4. The second-order valence-electron chi connectivity index (χ2n) is 7.13. The zero-order chi connectivity index (χ0) is 22.1. The van der Waals surface area contributed by atoms with E-state index in [4.69, 9.17) is 16.3 Å². The van der Waals surface area contributed by atoms with Crippen LogP contribution in [0.3, 0.4) is 0 Å². The molecule has 0 aromatic heterocycles. The molecule has 0 bridgehead atoms. The fraction of sp³-hybridized carbons (Fsp3) is 0.391. The Labute approximate surface area is 182 Å². The largest absolute Gasteiger partial charge is 0.484 e. The van der Waals surface area contributed by atoms with Gasteiger partial charge in [0.25, 0.3) is 5.91 Å². The molecule has 2 aromatic rings. The Bertz CT molecular complexity index is 875. The molecule has 7 heteroatoms. The van der Waals surface area contributed by atoms with E-state index in [0.717, 1.165) is 18.4 Å². The summed E-state index contributed by atoms with van der Waals surface area (Å²) in [6, 6.07) is 10.5. The Morgan fingerprint density at radius 3 is 2.63 bits per heavy atom. The van der Waals surface area contributed by atoms with Crippen molar-refractivity contribution in [2.75, 3.05) is 13.2 Å². The van der Waals surface area contributed by atoms with Crippen molar-refractivity contribution in [3.05, 3.63) is 64.4 Å². The third-order valence-electron chi connectivity index (χ3n) is 4.79. The number of halogens is 2. The first-order chi connectivity index (χ1) is 14.3. The Balaban J connectivity index is 2.14. The van der Waals surface area contributed by atoms with Crippen LogP contribution in [0.5, 0.6) is 5.75 Å². The second-order valence-corrected chi connectivity index (χ2v) is 7.54. The van der Waals surface area contributed by atoms with Crippen molar-refractivity contribution in [1.29, 1.82) is 0 Å². The molecule has 2 amide bonds. The van der Waals surface area contributed by atoms with E-state index in [1.54, 1.807) is 43.3 Å². The summed E-state index contributed by atoms with van der Waals surface area (Å²) in [5.41, 5.74) is 1.16. The lowest BCUT2D eigenvalue weighted by molar-refractivity contribution is -0.142. The summed E-state index contributed by atoms with van der Waals surface area (Å²) >= 11 is 6.02. The minimum Gasteiger partial charge on any atom is -0.484 e. The highest BCUT2D eigenvalue weighted by molar-refractivity contribution is 6.31. The van der Waals surface area contributed by atoms with Gasteiger partial charge in [-0.2, -0.15) is 0 Å². The summed E-state index contributed by atoms with van der Waals surface area (Å²) < 4.78 is 19.8. The van der Waals surface area contributed by atoms with Crippen molar-refractivity contribution in [3.8, 4) is 5.75 Å². The number of unbranched alkanes of at least 4 members (excludes halogenated alkanes) is 1. The molecular weight excluding hydrogens is 407 g/mol. The predicted molar refractivity (Wildman–Crippen MR) is 116 cm³/mol. The van der Waals surface area contributed by atoms with E-state index in [1.807, 2.05) is 13.8 Å². The van der Waals surface area contributed by atoms with Gasteiger partial charge in [-0.15, -0.1) is 0 Å². The van der Waals surface area contributed by atoms with Crippen LogP contribution in [0.2, 0.25) is 5.02 Å². The van der Waals surface area contributed by atoms with E-state index in [-0.39, 0.29) is 19.1 Å². The molecule has 0 aliphatic rings. The van der Waals surface area contributed by atoms with Crippen molar-refractivity contribution in [3.63, 3.8) is 0 Å². The maximum absolute atomic E-state index is 14.2. The molecule has 5 nitrogen and oxygen atoms in total. The first kappa shape index (κ1) is 23.7. The number of aryl methyl sites for hydroxylation is 1. The van der Waals surface area contributed by atoms with Gasteiger partial charge in [0.2, 0.25) is 5.91 Å². The number of rotatable bonds is 10. The number of carbonyl (C=O) groups excluding carboxylic acids is 2. The maximum atomic E-state index is 14.2. The molecule has 0 unspecified atom stereocenters. The summed E-state index contributed by atoms with van der Waals surface area (Å²) in [4.78, 5) is 26.8. The van der Waals surface area contributed by atoms with E-state index >= 15 is 0 Å². The van der Waals surface area contributed by atoms with Gasteiger partial charge < -0.3 is 15.0 Å². The van der Waals surface area contributed by atoms with E-state index in [1.165, 1.54) is 11.0 Å². The molecule has 1 N–H and O–H groups in total. The molecule has 1 atom stereocenters. The van der Waals surface area contributed by atoms with Crippen LogP contribution in [0, 0.1) is 12.7 Å². The number of ether oxygens (including phenoxy) is 1. The quantitative estimate of drug-likeness (QED) is 0.560. The van der Waals surface area contributed by atoms with Gasteiger partial charge in [-0.25, -0.2) is 4.39 Å². The molecule has 30 heavy (non-hydrogen) atoms. The van der Waals surface area contributed by atoms with E-state index < -0.39 is 17.8 Å². The lowest BCUT2D eigenvalue weighted by Crippen LogP contribution is -2.49. The number of nitrogens with one attached hydrogen (secondary N) is 1. The van der Waals surface area contributed by atoms with Gasteiger partial charge >= 0.3 is 0 Å². The number of hydrogen-bond acceptors (Lipinski definition) is 3. The zero-order valence-corrected chi connectivity index (χ0v) is 18.3. The van der Waals surface area contributed by atoms with Gasteiger partial charge in [-0.3, -0.25) is 9.59 Å². The summed E-state index contributed by atoms with van der Waals surface area (Å²) in [5.74, 6) is -0.626. The van der Waals surface area contributed by atoms with Crippen molar-refractivity contribution < 1.29 is 18.7 Å². The molecule has 2 rings (SSSR count). The average molecular weight is 435 g/mol. The number of amides is 2. The van der Waals surface area contributed by atoms with Gasteiger partial charge in [0.05, 0.1) is 0 Å². The van der Waals surface area contributed by atoms with Gasteiger partial charge in [0.15, 0.2) is 6.61 Å². The number of hydrogen-bond donors (Lipinski definition) is 1. The van der Waals surface area contributed by atoms with Crippen LogP contribution in [0.1, 0.15) is 37.8 Å². The molecule has 0 saturated heterocycles. The molecule has 0 spiro atoms. The summed E-state index contributed by atoms with van der Waals surface area (Å²) in [7, 11) is 0. The Morgan fingerprint density at radius 1 is 1.23 bits per heavy atom. The maximum Gasteiger partial charge on any atom is 0.261 e. The normalized spacial score (nSPS) is 11.6. The van der Waals surface area contributed by atoms with Crippen LogP contribution in [-0.2, 0) is 16.1 Å². The van der Waals surface area contributed by atoms with Crippen LogP contribution in [0.15, 0.2) is 42.5 Å². The van der Waals surface area contributed by atoms with E-state index in [9.17, 15) is 14.0 Å². The Kier molecular flexibility index (Phi) is 9.12. The first-order valence-electron chi connectivity index (χ1n) is 10.0. The molecular formula is C23H28ClFN2O3. The molecule has 0 aliphatic heterocycles.